The quantitative estimate of drug-likeness (QED) is 0.931. The van der Waals surface area contributed by atoms with Crippen LogP contribution >= 0.6 is 0 Å². The topological polar surface area (TPSA) is 60.2 Å². The predicted octanol–water partition coefficient (Wildman–Crippen LogP) is 2.26. The molecule has 0 atom stereocenters. The largest absolute Gasteiger partial charge is 0.330 e. The molecule has 0 spiro atoms. The van der Waals surface area contributed by atoms with E-state index in [-0.39, 0.29) is 0 Å². The van der Waals surface area contributed by atoms with Crippen LogP contribution in [0.1, 0.15) is 5.56 Å². The number of benzene rings is 2. The molecule has 0 aromatic heterocycles. The van der Waals surface area contributed by atoms with Crippen molar-refractivity contribution < 1.29 is 8.42 Å². The van der Waals surface area contributed by atoms with Crippen LogP contribution in [0, 0.1) is 0 Å². The molecular weight excluding hydrogens is 258 g/mol. The fraction of sp³-hybridized carbons (Fsp3) is 0.200. The van der Waals surface area contributed by atoms with Gasteiger partial charge in [-0.3, -0.25) is 0 Å². The number of sulfone groups is 1. The highest BCUT2D eigenvalue weighted by molar-refractivity contribution is 7.90. The molecule has 2 rings (SSSR count). The summed E-state index contributed by atoms with van der Waals surface area (Å²) in [6, 6.07) is 15.1. The lowest BCUT2D eigenvalue weighted by Crippen LogP contribution is -2.02. The fourth-order valence-electron chi connectivity index (χ4n) is 1.93. The Kier molecular flexibility index (Phi) is 4.02. The van der Waals surface area contributed by atoms with E-state index in [0.717, 1.165) is 17.5 Å². The molecule has 0 aliphatic carbocycles. The van der Waals surface area contributed by atoms with Crippen molar-refractivity contribution in [3.8, 4) is 11.1 Å². The molecule has 0 aliphatic heterocycles. The van der Waals surface area contributed by atoms with E-state index in [1.165, 1.54) is 11.8 Å². The first-order valence-corrected chi connectivity index (χ1v) is 7.99. The van der Waals surface area contributed by atoms with E-state index < -0.39 is 9.84 Å². The molecule has 0 heterocycles. The van der Waals surface area contributed by atoms with Gasteiger partial charge >= 0.3 is 0 Å². The monoisotopic (exact) mass is 275 g/mol. The van der Waals surface area contributed by atoms with E-state index in [9.17, 15) is 8.42 Å². The van der Waals surface area contributed by atoms with E-state index in [4.69, 9.17) is 5.73 Å². The van der Waals surface area contributed by atoms with Crippen LogP contribution in [0.2, 0.25) is 0 Å². The standard InChI is InChI=1S/C15H17NO2S/c1-19(17,18)15-8-6-14(7-9-15)13-4-2-12(3-5-13)10-11-16/h2-9H,10-11,16H2,1H3. The Labute approximate surface area is 114 Å². The van der Waals surface area contributed by atoms with Gasteiger partial charge in [-0.15, -0.1) is 0 Å². The molecule has 0 fully saturated rings. The lowest BCUT2D eigenvalue weighted by Gasteiger charge is -2.05. The molecule has 4 heteroatoms. The van der Waals surface area contributed by atoms with Crippen molar-refractivity contribution in [3.63, 3.8) is 0 Å². The van der Waals surface area contributed by atoms with Crippen molar-refractivity contribution in [1.82, 2.24) is 0 Å². The molecule has 0 radical (unpaired) electrons. The number of nitrogens with two attached hydrogens (primary N) is 1. The molecule has 0 saturated heterocycles. The molecule has 2 aromatic carbocycles. The maximum atomic E-state index is 11.4. The van der Waals surface area contributed by atoms with Crippen LogP contribution in [-0.2, 0) is 16.3 Å². The average molecular weight is 275 g/mol. The van der Waals surface area contributed by atoms with E-state index >= 15 is 0 Å². The highest BCUT2D eigenvalue weighted by Gasteiger charge is 2.06. The normalized spacial score (nSPS) is 11.5. The van der Waals surface area contributed by atoms with Crippen molar-refractivity contribution in [1.29, 1.82) is 0 Å². The molecule has 0 saturated carbocycles. The second-order valence-electron chi connectivity index (χ2n) is 4.53. The summed E-state index contributed by atoms with van der Waals surface area (Å²) in [4.78, 5) is 0.344. The number of hydrogen-bond acceptors (Lipinski definition) is 3. The smallest absolute Gasteiger partial charge is 0.175 e. The van der Waals surface area contributed by atoms with Crippen LogP contribution in [0.5, 0.6) is 0 Å². The molecule has 2 aromatic rings. The second-order valence-corrected chi connectivity index (χ2v) is 6.55. The lowest BCUT2D eigenvalue weighted by molar-refractivity contribution is 0.602. The summed E-state index contributed by atoms with van der Waals surface area (Å²) in [5, 5.41) is 0. The van der Waals surface area contributed by atoms with Gasteiger partial charge in [0.15, 0.2) is 9.84 Å². The van der Waals surface area contributed by atoms with Crippen molar-refractivity contribution in [3.05, 3.63) is 54.1 Å². The molecule has 0 bridgehead atoms. The molecule has 3 nitrogen and oxygen atoms in total. The minimum Gasteiger partial charge on any atom is -0.330 e. The molecular formula is C15H17NO2S. The summed E-state index contributed by atoms with van der Waals surface area (Å²) >= 11 is 0. The summed E-state index contributed by atoms with van der Waals surface area (Å²) in [6.07, 6.45) is 2.08. The first-order chi connectivity index (χ1) is 9.00. The summed E-state index contributed by atoms with van der Waals surface area (Å²) < 4.78 is 22.8. The zero-order chi connectivity index (χ0) is 13.9. The van der Waals surface area contributed by atoms with Crippen molar-refractivity contribution in [2.24, 2.45) is 5.73 Å². The third kappa shape index (κ3) is 3.43. The summed E-state index contributed by atoms with van der Waals surface area (Å²) in [7, 11) is -3.13. The van der Waals surface area contributed by atoms with Gasteiger partial charge in [0.2, 0.25) is 0 Å². The Morgan fingerprint density at radius 1 is 0.895 bits per heavy atom. The van der Waals surface area contributed by atoms with Gasteiger partial charge in [0.05, 0.1) is 4.90 Å². The van der Waals surface area contributed by atoms with E-state index in [2.05, 4.69) is 0 Å². The minimum absolute atomic E-state index is 0.344. The Morgan fingerprint density at radius 2 is 1.37 bits per heavy atom. The zero-order valence-corrected chi connectivity index (χ0v) is 11.7. The third-order valence-corrected chi connectivity index (χ3v) is 4.13. The van der Waals surface area contributed by atoms with Crippen molar-refractivity contribution >= 4 is 9.84 Å². The molecule has 19 heavy (non-hydrogen) atoms. The SMILES string of the molecule is CS(=O)(=O)c1ccc(-c2ccc(CCN)cc2)cc1. The number of hydrogen-bond donors (Lipinski definition) is 1. The Bertz CT molecular complexity index is 644. The van der Waals surface area contributed by atoms with Gasteiger partial charge in [-0.05, 0) is 41.8 Å². The highest BCUT2D eigenvalue weighted by atomic mass is 32.2. The van der Waals surface area contributed by atoms with Crippen LogP contribution < -0.4 is 5.73 Å². The van der Waals surface area contributed by atoms with Gasteiger partial charge in [0, 0.05) is 6.26 Å². The molecule has 0 unspecified atom stereocenters. The van der Waals surface area contributed by atoms with Crippen LogP contribution in [0.25, 0.3) is 11.1 Å². The van der Waals surface area contributed by atoms with Crippen molar-refractivity contribution in [2.45, 2.75) is 11.3 Å². The van der Waals surface area contributed by atoms with Gasteiger partial charge in [-0.25, -0.2) is 8.42 Å². The van der Waals surface area contributed by atoms with E-state index in [1.54, 1.807) is 12.1 Å². The molecule has 0 amide bonds. The van der Waals surface area contributed by atoms with E-state index in [0.29, 0.717) is 11.4 Å². The number of rotatable bonds is 4. The average Bonchev–Trinajstić information content (AvgIpc) is 2.39. The first-order valence-electron chi connectivity index (χ1n) is 6.10. The predicted molar refractivity (Wildman–Crippen MR) is 77.7 cm³/mol. The maximum Gasteiger partial charge on any atom is 0.175 e. The van der Waals surface area contributed by atoms with Gasteiger partial charge < -0.3 is 5.73 Å². The highest BCUT2D eigenvalue weighted by Crippen LogP contribution is 2.21. The van der Waals surface area contributed by atoms with E-state index in [1.807, 2.05) is 36.4 Å². The molecule has 100 valence electrons. The summed E-state index contributed by atoms with van der Waals surface area (Å²) in [6.45, 7) is 0.641. The minimum atomic E-state index is -3.13. The van der Waals surface area contributed by atoms with Crippen LogP contribution in [-0.4, -0.2) is 21.2 Å². The van der Waals surface area contributed by atoms with Crippen LogP contribution in [0.15, 0.2) is 53.4 Å². The molecule has 2 N–H and O–H groups in total. The second kappa shape index (κ2) is 5.55. The van der Waals surface area contributed by atoms with Gasteiger partial charge in [0.1, 0.15) is 0 Å². The summed E-state index contributed by atoms with van der Waals surface area (Å²) in [5.74, 6) is 0. The fourth-order valence-corrected chi connectivity index (χ4v) is 2.56. The Morgan fingerprint density at radius 3 is 1.79 bits per heavy atom. The Balaban J connectivity index is 2.27. The maximum absolute atomic E-state index is 11.4. The third-order valence-electron chi connectivity index (χ3n) is 3.00. The van der Waals surface area contributed by atoms with Crippen LogP contribution in [0.4, 0.5) is 0 Å². The van der Waals surface area contributed by atoms with Gasteiger partial charge in [-0.1, -0.05) is 36.4 Å². The Hall–Kier alpha value is -1.65. The van der Waals surface area contributed by atoms with Gasteiger partial charge in [-0.2, -0.15) is 0 Å². The van der Waals surface area contributed by atoms with Crippen LogP contribution in [0.3, 0.4) is 0 Å². The van der Waals surface area contributed by atoms with Crippen molar-refractivity contribution in [2.75, 3.05) is 12.8 Å². The summed E-state index contributed by atoms with van der Waals surface area (Å²) in [5.41, 5.74) is 8.79. The lowest BCUT2D eigenvalue weighted by atomic mass is 10.0. The first kappa shape index (κ1) is 13.8. The molecule has 0 aliphatic rings. The zero-order valence-electron chi connectivity index (χ0n) is 10.8. The van der Waals surface area contributed by atoms with Gasteiger partial charge in [0.25, 0.3) is 0 Å².